The van der Waals surface area contributed by atoms with Crippen LogP contribution in [0.2, 0.25) is 0 Å². The number of carboxylic acids is 1. The van der Waals surface area contributed by atoms with Gasteiger partial charge >= 0.3 is 5.97 Å². The molecule has 0 saturated carbocycles. The molecule has 2 rings (SSSR count). The summed E-state index contributed by atoms with van der Waals surface area (Å²) in [6.45, 7) is 5.02. The van der Waals surface area contributed by atoms with Crippen LogP contribution in [0.15, 0.2) is 0 Å². The topological polar surface area (TPSA) is 93.5 Å². The van der Waals surface area contributed by atoms with Gasteiger partial charge in [-0.3, -0.25) is 14.3 Å². The molecule has 1 aromatic heterocycles. The maximum atomic E-state index is 12.0. The minimum absolute atomic E-state index is 0.0702. The lowest BCUT2D eigenvalue weighted by molar-refractivity contribution is -0.136. The number of amides is 1. The summed E-state index contributed by atoms with van der Waals surface area (Å²) in [5.74, 6) is -0.998. The molecule has 0 radical (unpaired) electrons. The van der Waals surface area contributed by atoms with E-state index < -0.39 is 5.97 Å². The van der Waals surface area contributed by atoms with Gasteiger partial charge in [-0.2, -0.15) is 5.10 Å². The molecule has 0 bridgehead atoms. The standard InChI is InChI=1S/C14H21N3O4/c1-9-12(7-14(19)20)10(2)17(16-9)8-13(18)15-11-3-5-21-6-4-11/h11H,3-8H2,1-2H3,(H,15,18)(H,19,20). The largest absolute Gasteiger partial charge is 0.481 e. The van der Waals surface area contributed by atoms with Gasteiger partial charge in [-0.15, -0.1) is 0 Å². The highest BCUT2D eigenvalue weighted by molar-refractivity contribution is 5.76. The first kappa shape index (κ1) is 15.5. The second-order valence-corrected chi connectivity index (χ2v) is 5.33. The number of carbonyl (C=O) groups is 2. The van der Waals surface area contributed by atoms with Gasteiger partial charge in [0.05, 0.1) is 12.1 Å². The summed E-state index contributed by atoms with van der Waals surface area (Å²) in [4.78, 5) is 22.9. The number of ether oxygens (including phenoxy) is 1. The number of aliphatic carboxylic acids is 1. The number of hydrogen-bond acceptors (Lipinski definition) is 4. The summed E-state index contributed by atoms with van der Waals surface area (Å²) in [5, 5.41) is 16.1. The van der Waals surface area contributed by atoms with Crippen LogP contribution in [-0.2, 0) is 27.3 Å². The number of carbonyl (C=O) groups excluding carboxylic acids is 1. The summed E-state index contributed by atoms with van der Waals surface area (Å²) >= 11 is 0. The van der Waals surface area contributed by atoms with Crippen molar-refractivity contribution in [2.75, 3.05) is 13.2 Å². The SMILES string of the molecule is Cc1nn(CC(=O)NC2CCOCC2)c(C)c1CC(=O)O. The van der Waals surface area contributed by atoms with Crippen LogP contribution in [0.3, 0.4) is 0 Å². The Morgan fingerprint density at radius 3 is 2.67 bits per heavy atom. The normalized spacial score (nSPS) is 15.9. The molecule has 1 aliphatic heterocycles. The molecule has 1 fully saturated rings. The van der Waals surface area contributed by atoms with Crippen molar-refractivity contribution < 1.29 is 19.4 Å². The van der Waals surface area contributed by atoms with Gasteiger partial charge in [0.25, 0.3) is 0 Å². The van der Waals surface area contributed by atoms with Crippen LogP contribution in [0.5, 0.6) is 0 Å². The molecule has 0 unspecified atom stereocenters. The van der Waals surface area contributed by atoms with Crippen molar-refractivity contribution in [3.8, 4) is 0 Å². The smallest absolute Gasteiger partial charge is 0.307 e. The van der Waals surface area contributed by atoms with Crippen LogP contribution in [-0.4, -0.2) is 46.0 Å². The molecule has 0 aromatic carbocycles. The average Bonchev–Trinajstić information content (AvgIpc) is 2.67. The summed E-state index contributed by atoms with van der Waals surface area (Å²) in [6.07, 6.45) is 1.58. The third-order valence-electron chi connectivity index (χ3n) is 3.74. The van der Waals surface area contributed by atoms with Crippen molar-refractivity contribution in [2.24, 2.45) is 0 Å². The van der Waals surface area contributed by atoms with E-state index in [1.165, 1.54) is 0 Å². The number of aromatic nitrogens is 2. The van der Waals surface area contributed by atoms with Crippen LogP contribution < -0.4 is 5.32 Å². The molecule has 1 aliphatic rings. The van der Waals surface area contributed by atoms with E-state index in [0.29, 0.717) is 24.5 Å². The minimum Gasteiger partial charge on any atom is -0.481 e. The summed E-state index contributed by atoms with van der Waals surface area (Å²) in [5.41, 5.74) is 2.08. The number of hydrogen-bond donors (Lipinski definition) is 2. The highest BCUT2D eigenvalue weighted by Crippen LogP contribution is 2.14. The molecule has 1 aromatic rings. The average molecular weight is 295 g/mol. The monoisotopic (exact) mass is 295 g/mol. The van der Waals surface area contributed by atoms with E-state index in [2.05, 4.69) is 10.4 Å². The quantitative estimate of drug-likeness (QED) is 0.821. The summed E-state index contributed by atoms with van der Waals surface area (Å²) in [6, 6.07) is 0.154. The molecule has 7 nitrogen and oxygen atoms in total. The van der Waals surface area contributed by atoms with Crippen LogP contribution in [0.4, 0.5) is 0 Å². The van der Waals surface area contributed by atoms with Crippen LogP contribution >= 0.6 is 0 Å². The lowest BCUT2D eigenvalue weighted by Gasteiger charge is -2.23. The zero-order chi connectivity index (χ0) is 15.4. The third kappa shape index (κ3) is 4.04. The lowest BCUT2D eigenvalue weighted by atomic mass is 10.1. The Kier molecular flexibility index (Phi) is 4.95. The first-order chi connectivity index (χ1) is 9.97. The van der Waals surface area contributed by atoms with Crippen LogP contribution in [0, 0.1) is 13.8 Å². The number of aryl methyl sites for hydroxylation is 1. The molecule has 7 heteroatoms. The zero-order valence-electron chi connectivity index (χ0n) is 12.4. The van der Waals surface area contributed by atoms with Crippen molar-refractivity contribution in [2.45, 2.75) is 45.7 Å². The molecule has 21 heavy (non-hydrogen) atoms. The van der Waals surface area contributed by atoms with Gasteiger partial charge in [-0.05, 0) is 26.7 Å². The Balaban J connectivity index is 1.98. The lowest BCUT2D eigenvalue weighted by Crippen LogP contribution is -2.40. The van der Waals surface area contributed by atoms with Crippen molar-refractivity contribution >= 4 is 11.9 Å². The maximum Gasteiger partial charge on any atom is 0.307 e. The molecule has 116 valence electrons. The van der Waals surface area contributed by atoms with Gasteiger partial charge < -0.3 is 15.2 Å². The molecule has 2 heterocycles. The molecule has 1 amide bonds. The van der Waals surface area contributed by atoms with E-state index in [9.17, 15) is 9.59 Å². The molecule has 1 saturated heterocycles. The predicted molar refractivity (Wildman–Crippen MR) is 75.0 cm³/mol. The molecular formula is C14H21N3O4. The Morgan fingerprint density at radius 1 is 1.38 bits per heavy atom. The number of carboxylic acid groups (broad SMARTS) is 1. The van der Waals surface area contributed by atoms with Crippen LogP contribution in [0.1, 0.15) is 29.8 Å². The fraction of sp³-hybridized carbons (Fsp3) is 0.643. The number of rotatable bonds is 5. The summed E-state index contributed by atoms with van der Waals surface area (Å²) in [7, 11) is 0. The van der Waals surface area contributed by atoms with Gasteiger partial charge in [0, 0.05) is 30.5 Å². The van der Waals surface area contributed by atoms with E-state index in [1.54, 1.807) is 18.5 Å². The highest BCUT2D eigenvalue weighted by Gasteiger charge is 2.19. The van der Waals surface area contributed by atoms with Gasteiger partial charge in [0.1, 0.15) is 6.54 Å². The summed E-state index contributed by atoms with van der Waals surface area (Å²) < 4.78 is 6.82. The predicted octanol–water partition coefficient (Wildman–Crippen LogP) is 0.422. The van der Waals surface area contributed by atoms with E-state index in [0.717, 1.165) is 18.5 Å². The first-order valence-electron chi connectivity index (χ1n) is 7.09. The van der Waals surface area contributed by atoms with Gasteiger partial charge in [-0.25, -0.2) is 0 Å². The van der Waals surface area contributed by atoms with Gasteiger partial charge in [0.2, 0.25) is 5.91 Å². The Bertz CT molecular complexity index is 533. The zero-order valence-corrected chi connectivity index (χ0v) is 12.4. The number of nitrogens with zero attached hydrogens (tertiary/aromatic N) is 2. The second-order valence-electron chi connectivity index (χ2n) is 5.33. The Hall–Kier alpha value is -1.89. The van der Waals surface area contributed by atoms with E-state index in [4.69, 9.17) is 9.84 Å². The van der Waals surface area contributed by atoms with E-state index >= 15 is 0 Å². The van der Waals surface area contributed by atoms with Crippen LogP contribution in [0.25, 0.3) is 0 Å². The molecule has 2 N–H and O–H groups in total. The van der Waals surface area contributed by atoms with Gasteiger partial charge in [-0.1, -0.05) is 0 Å². The van der Waals surface area contributed by atoms with Gasteiger partial charge in [0.15, 0.2) is 0 Å². The fourth-order valence-corrected chi connectivity index (χ4v) is 2.55. The highest BCUT2D eigenvalue weighted by atomic mass is 16.5. The van der Waals surface area contributed by atoms with E-state index in [1.807, 2.05) is 0 Å². The Morgan fingerprint density at radius 2 is 2.05 bits per heavy atom. The number of nitrogens with one attached hydrogen (secondary N) is 1. The second kappa shape index (κ2) is 6.71. The van der Waals surface area contributed by atoms with Crippen molar-refractivity contribution in [1.82, 2.24) is 15.1 Å². The minimum atomic E-state index is -0.896. The molecule has 0 atom stereocenters. The fourth-order valence-electron chi connectivity index (χ4n) is 2.55. The maximum absolute atomic E-state index is 12.0. The van der Waals surface area contributed by atoms with Crippen molar-refractivity contribution in [1.29, 1.82) is 0 Å². The molecule has 0 aliphatic carbocycles. The molecule has 0 spiro atoms. The van der Waals surface area contributed by atoms with Crippen molar-refractivity contribution in [3.05, 3.63) is 17.0 Å². The third-order valence-corrected chi connectivity index (χ3v) is 3.74. The first-order valence-corrected chi connectivity index (χ1v) is 7.09. The molecular weight excluding hydrogens is 274 g/mol. The Labute approximate surface area is 123 Å². The van der Waals surface area contributed by atoms with E-state index in [-0.39, 0.29) is 24.9 Å². The van der Waals surface area contributed by atoms with Crippen molar-refractivity contribution in [3.63, 3.8) is 0 Å².